The Kier molecular flexibility index (Phi) is 2.70. The van der Waals surface area contributed by atoms with E-state index >= 15 is 0 Å². The van der Waals surface area contributed by atoms with Crippen molar-refractivity contribution in [3.63, 3.8) is 0 Å². The fraction of sp³-hybridized carbons (Fsp3) is 0.375. The summed E-state index contributed by atoms with van der Waals surface area (Å²) < 4.78 is 1.95. The molecule has 11 heavy (non-hydrogen) atoms. The van der Waals surface area contributed by atoms with Gasteiger partial charge in [-0.25, -0.2) is 4.98 Å². The zero-order valence-electron chi connectivity index (χ0n) is 6.49. The third-order valence-corrected chi connectivity index (χ3v) is 1.50. The van der Waals surface area contributed by atoms with Crippen LogP contribution in [0.5, 0.6) is 0 Å². The molecule has 1 unspecified atom stereocenters. The lowest BCUT2D eigenvalue weighted by Crippen LogP contribution is -2.27. The van der Waals surface area contributed by atoms with E-state index in [1.165, 1.54) is 0 Å². The van der Waals surface area contributed by atoms with Gasteiger partial charge in [0.25, 0.3) is 0 Å². The number of imidazole rings is 1. The lowest BCUT2D eigenvalue weighted by molar-refractivity contribution is 0.569. The number of rotatable bonds is 3. The van der Waals surface area contributed by atoms with Crippen molar-refractivity contribution in [1.29, 1.82) is 0 Å². The van der Waals surface area contributed by atoms with E-state index in [4.69, 9.17) is 6.42 Å². The summed E-state index contributed by atoms with van der Waals surface area (Å²) in [6, 6.07) is 0.0872. The van der Waals surface area contributed by atoms with Crippen LogP contribution in [-0.2, 0) is 6.54 Å². The molecule has 3 heteroatoms. The second-order valence-electron chi connectivity index (χ2n) is 2.27. The highest BCUT2D eigenvalue weighted by Gasteiger charge is 1.99. The van der Waals surface area contributed by atoms with Crippen molar-refractivity contribution in [2.45, 2.75) is 12.6 Å². The molecule has 1 N–H and O–H groups in total. The minimum atomic E-state index is 0.0872. The van der Waals surface area contributed by atoms with Crippen LogP contribution in [0, 0.1) is 12.3 Å². The molecule has 0 aliphatic rings. The number of likely N-dealkylation sites (N-methyl/N-ethyl adjacent to an activating group) is 1. The van der Waals surface area contributed by atoms with E-state index < -0.39 is 0 Å². The van der Waals surface area contributed by atoms with Crippen molar-refractivity contribution in [1.82, 2.24) is 14.9 Å². The molecule has 0 saturated carbocycles. The Balaban J connectivity index is 2.49. The molecule has 0 amide bonds. The lowest BCUT2D eigenvalue weighted by Gasteiger charge is -2.08. The Hall–Kier alpha value is -1.27. The standard InChI is InChI=1S/C8H11N3/c1-3-8(9-2)6-11-5-4-10-7-11/h1,4-5,7-9H,6H2,2H3. The summed E-state index contributed by atoms with van der Waals surface area (Å²) in [6.07, 6.45) is 10.6. The van der Waals surface area contributed by atoms with Gasteiger partial charge in [-0.1, -0.05) is 5.92 Å². The number of nitrogens with zero attached hydrogens (tertiary/aromatic N) is 2. The van der Waals surface area contributed by atoms with Crippen LogP contribution in [-0.4, -0.2) is 22.6 Å². The monoisotopic (exact) mass is 149 g/mol. The van der Waals surface area contributed by atoms with Gasteiger partial charge in [0, 0.05) is 12.4 Å². The highest BCUT2D eigenvalue weighted by Crippen LogP contribution is 1.89. The van der Waals surface area contributed by atoms with E-state index in [2.05, 4.69) is 16.2 Å². The topological polar surface area (TPSA) is 29.9 Å². The quantitative estimate of drug-likeness (QED) is 0.618. The van der Waals surface area contributed by atoms with Gasteiger partial charge in [0.2, 0.25) is 0 Å². The Morgan fingerprint density at radius 1 is 1.82 bits per heavy atom. The molecule has 0 saturated heterocycles. The van der Waals surface area contributed by atoms with E-state index in [-0.39, 0.29) is 6.04 Å². The number of hydrogen-bond acceptors (Lipinski definition) is 2. The summed E-state index contributed by atoms with van der Waals surface area (Å²) in [7, 11) is 1.85. The average Bonchev–Trinajstić information content (AvgIpc) is 2.52. The van der Waals surface area contributed by atoms with Crippen molar-refractivity contribution in [3.8, 4) is 12.3 Å². The van der Waals surface area contributed by atoms with E-state index in [1.807, 2.05) is 17.8 Å². The second-order valence-corrected chi connectivity index (χ2v) is 2.27. The first-order chi connectivity index (χ1) is 5.36. The van der Waals surface area contributed by atoms with Crippen LogP contribution in [0.2, 0.25) is 0 Å². The summed E-state index contributed by atoms with van der Waals surface area (Å²) in [5.74, 6) is 2.63. The third-order valence-electron chi connectivity index (χ3n) is 1.50. The number of nitrogens with one attached hydrogen (secondary N) is 1. The fourth-order valence-electron chi connectivity index (χ4n) is 0.833. The van der Waals surface area contributed by atoms with Crippen LogP contribution in [0.15, 0.2) is 18.7 Å². The van der Waals surface area contributed by atoms with Crippen molar-refractivity contribution in [3.05, 3.63) is 18.7 Å². The van der Waals surface area contributed by atoms with E-state index in [0.717, 1.165) is 6.54 Å². The van der Waals surface area contributed by atoms with E-state index in [1.54, 1.807) is 12.5 Å². The number of terminal acetylenes is 1. The maximum atomic E-state index is 5.25. The van der Waals surface area contributed by atoms with Crippen LogP contribution in [0.4, 0.5) is 0 Å². The van der Waals surface area contributed by atoms with Crippen LogP contribution in [0.3, 0.4) is 0 Å². The molecule has 0 bridgehead atoms. The van der Waals surface area contributed by atoms with Crippen molar-refractivity contribution in [2.75, 3.05) is 7.05 Å². The third kappa shape index (κ3) is 2.10. The maximum absolute atomic E-state index is 5.25. The summed E-state index contributed by atoms with van der Waals surface area (Å²) in [4.78, 5) is 3.91. The van der Waals surface area contributed by atoms with E-state index in [0.29, 0.717) is 0 Å². The minimum Gasteiger partial charge on any atom is -0.335 e. The first kappa shape index (κ1) is 7.83. The van der Waals surface area contributed by atoms with Crippen molar-refractivity contribution < 1.29 is 0 Å². The van der Waals surface area contributed by atoms with Crippen LogP contribution in [0.1, 0.15) is 0 Å². The molecular formula is C8H11N3. The SMILES string of the molecule is C#CC(Cn1ccnc1)NC. The normalized spacial score (nSPS) is 12.4. The molecule has 1 heterocycles. The van der Waals surface area contributed by atoms with Crippen molar-refractivity contribution >= 4 is 0 Å². The summed E-state index contributed by atoms with van der Waals surface area (Å²) in [5.41, 5.74) is 0. The molecule has 0 radical (unpaired) electrons. The predicted molar refractivity (Wildman–Crippen MR) is 43.9 cm³/mol. The Bertz CT molecular complexity index is 232. The molecular weight excluding hydrogens is 138 g/mol. The van der Waals surface area contributed by atoms with Gasteiger partial charge in [-0.05, 0) is 7.05 Å². The highest BCUT2D eigenvalue weighted by molar-refractivity contribution is 4.98. The average molecular weight is 149 g/mol. The van der Waals surface area contributed by atoms with Crippen molar-refractivity contribution in [2.24, 2.45) is 0 Å². The number of aromatic nitrogens is 2. The van der Waals surface area contributed by atoms with Crippen LogP contribution < -0.4 is 5.32 Å². The Morgan fingerprint density at radius 3 is 3.09 bits per heavy atom. The maximum Gasteiger partial charge on any atom is 0.0946 e. The molecule has 0 aliphatic carbocycles. The molecule has 58 valence electrons. The molecule has 0 aromatic carbocycles. The zero-order chi connectivity index (χ0) is 8.10. The highest BCUT2D eigenvalue weighted by atomic mass is 15.0. The second kappa shape index (κ2) is 3.79. The first-order valence-electron chi connectivity index (χ1n) is 3.46. The Labute approximate surface area is 66.4 Å². The largest absolute Gasteiger partial charge is 0.335 e. The summed E-state index contributed by atoms with van der Waals surface area (Å²) in [6.45, 7) is 0.771. The van der Waals surface area contributed by atoms with E-state index in [9.17, 15) is 0 Å². The molecule has 3 nitrogen and oxygen atoms in total. The van der Waals surface area contributed by atoms with Gasteiger partial charge in [-0.3, -0.25) is 0 Å². The van der Waals surface area contributed by atoms with Gasteiger partial charge >= 0.3 is 0 Å². The molecule has 1 atom stereocenters. The summed E-state index contributed by atoms with van der Waals surface area (Å²) in [5, 5.41) is 3.01. The van der Waals surface area contributed by atoms with Crippen LogP contribution >= 0.6 is 0 Å². The zero-order valence-corrected chi connectivity index (χ0v) is 6.49. The minimum absolute atomic E-state index is 0.0872. The number of hydrogen-bond donors (Lipinski definition) is 1. The summed E-state index contributed by atoms with van der Waals surface area (Å²) >= 11 is 0. The predicted octanol–water partition coefficient (Wildman–Crippen LogP) is 0.104. The molecule has 1 rings (SSSR count). The van der Waals surface area contributed by atoms with Gasteiger partial charge in [0.15, 0.2) is 0 Å². The van der Waals surface area contributed by atoms with Gasteiger partial charge in [0.05, 0.1) is 18.9 Å². The smallest absolute Gasteiger partial charge is 0.0946 e. The molecule has 1 aromatic heterocycles. The molecule has 0 fully saturated rings. The van der Waals surface area contributed by atoms with Crippen LogP contribution in [0.25, 0.3) is 0 Å². The molecule has 0 aliphatic heterocycles. The molecule has 0 spiro atoms. The van der Waals surface area contributed by atoms with Gasteiger partial charge in [-0.15, -0.1) is 6.42 Å². The van der Waals surface area contributed by atoms with Gasteiger partial charge in [0.1, 0.15) is 0 Å². The van der Waals surface area contributed by atoms with Gasteiger partial charge < -0.3 is 9.88 Å². The fourth-order valence-corrected chi connectivity index (χ4v) is 0.833. The Morgan fingerprint density at radius 2 is 2.64 bits per heavy atom. The first-order valence-corrected chi connectivity index (χ1v) is 3.46. The lowest BCUT2D eigenvalue weighted by atomic mass is 10.3. The van der Waals surface area contributed by atoms with Gasteiger partial charge in [-0.2, -0.15) is 0 Å². The molecule has 1 aromatic rings.